The van der Waals surface area contributed by atoms with E-state index in [1.807, 2.05) is 39.0 Å². The van der Waals surface area contributed by atoms with E-state index in [1.54, 1.807) is 18.3 Å². The van der Waals surface area contributed by atoms with Crippen LogP contribution in [0.5, 0.6) is 0 Å². The van der Waals surface area contributed by atoms with Crippen molar-refractivity contribution in [2.75, 3.05) is 0 Å². The molecule has 0 aliphatic carbocycles. The van der Waals surface area contributed by atoms with Crippen LogP contribution in [0.1, 0.15) is 27.7 Å². The molecule has 1 atom stereocenters. The topological polar surface area (TPSA) is 84.0 Å². The summed E-state index contributed by atoms with van der Waals surface area (Å²) in [6.45, 7) is 7.32. The maximum atomic E-state index is 12.4. The van der Waals surface area contributed by atoms with Crippen LogP contribution in [0.25, 0.3) is 20.7 Å². The predicted molar refractivity (Wildman–Crippen MR) is 115 cm³/mol. The highest BCUT2D eigenvalue weighted by Gasteiger charge is 2.22. The number of thioether (sulfide) groups is 1. The molecule has 146 valence electrons. The summed E-state index contributed by atoms with van der Waals surface area (Å²) < 4.78 is 0. The third-order valence-corrected chi connectivity index (χ3v) is 5.94. The third kappa shape index (κ3) is 5.08. The Balaban J connectivity index is 1.76. The van der Waals surface area contributed by atoms with Gasteiger partial charge in [0.15, 0.2) is 0 Å². The van der Waals surface area contributed by atoms with Crippen molar-refractivity contribution < 1.29 is 9.59 Å². The second kappa shape index (κ2) is 8.28. The quantitative estimate of drug-likeness (QED) is 0.486. The van der Waals surface area contributed by atoms with Gasteiger partial charge in [0.05, 0.1) is 5.25 Å². The number of amides is 3. The number of hydrogen-bond donors (Lipinski definition) is 2. The molecule has 0 spiro atoms. The second-order valence-corrected chi connectivity index (χ2v) is 9.69. The minimum Gasteiger partial charge on any atom is -0.333 e. The fourth-order valence-corrected chi connectivity index (χ4v) is 4.44. The zero-order valence-corrected chi connectivity index (χ0v) is 17.8. The minimum atomic E-state index is -0.500. The van der Waals surface area contributed by atoms with E-state index >= 15 is 0 Å². The third-order valence-electron chi connectivity index (χ3n) is 3.73. The molecule has 0 aliphatic heterocycles. The number of carbonyl (C=O) groups excluding carboxylic acids is 2. The molecule has 6 nitrogen and oxygen atoms in total. The van der Waals surface area contributed by atoms with E-state index in [2.05, 4.69) is 38.8 Å². The van der Waals surface area contributed by atoms with Crippen LogP contribution in [0.15, 0.2) is 47.8 Å². The van der Waals surface area contributed by atoms with E-state index in [-0.39, 0.29) is 5.91 Å². The summed E-state index contributed by atoms with van der Waals surface area (Å²) in [5.41, 5.74) is 0.704. The average Bonchev–Trinajstić information content (AvgIpc) is 3.06. The largest absolute Gasteiger partial charge is 0.333 e. The number of urea groups is 1. The Bertz CT molecular complexity index is 996. The Kier molecular flexibility index (Phi) is 6.00. The van der Waals surface area contributed by atoms with E-state index in [0.29, 0.717) is 0 Å². The molecule has 0 radical (unpaired) electrons. The molecule has 0 unspecified atom stereocenters. The maximum Gasteiger partial charge on any atom is 0.321 e. The fourth-order valence-electron chi connectivity index (χ4n) is 2.48. The first kappa shape index (κ1) is 20.3. The van der Waals surface area contributed by atoms with Crippen molar-refractivity contribution in [2.45, 2.75) is 43.5 Å². The van der Waals surface area contributed by atoms with Gasteiger partial charge in [-0.2, -0.15) is 0 Å². The number of benzene rings is 1. The van der Waals surface area contributed by atoms with Crippen molar-refractivity contribution in [1.82, 2.24) is 20.6 Å². The fraction of sp³-hybridized carbons (Fsp3) is 0.300. The number of nitrogens with zero attached hydrogens (tertiary/aromatic N) is 2. The molecule has 0 saturated carbocycles. The maximum absolute atomic E-state index is 12.4. The number of thiophene rings is 1. The van der Waals surface area contributed by atoms with E-state index < -0.39 is 16.8 Å². The lowest BCUT2D eigenvalue weighted by atomic mass is 10.1. The van der Waals surface area contributed by atoms with Crippen molar-refractivity contribution in [3.63, 3.8) is 0 Å². The van der Waals surface area contributed by atoms with Crippen molar-refractivity contribution in [1.29, 1.82) is 0 Å². The number of aromatic nitrogens is 2. The summed E-state index contributed by atoms with van der Waals surface area (Å²) in [7, 11) is 0. The van der Waals surface area contributed by atoms with Gasteiger partial charge < -0.3 is 5.32 Å². The van der Waals surface area contributed by atoms with Gasteiger partial charge in [-0.05, 0) is 39.3 Å². The smallest absolute Gasteiger partial charge is 0.321 e. The van der Waals surface area contributed by atoms with Crippen molar-refractivity contribution in [3.8, 4) is 10.4 Å². The molecule has 28 heavy (non-hydrogen) atoms. The number of imide groups is 1. The standard InChI is InChI=1S/C20H22N4O2S2/c1-12(16(25)23-19(26)24-20(2,3)4)27-17-14-10-15(13-8-6-5-7-9-13)28-18(14)22-11-21-17/h5-12H,1-4H3,(H2,23,24,25,26)/t12-/m1/s1. The van der Waals surface area contributed by atoms with E-state index in [1.165, 1.54) is 18.1 Å². The molecular formula is C20H22N4O2S2. The highest BCUT2D eigenvalue weighted by molar-refractivity contribution is 8.00. The van der Waals surface area contributed by atoms with E-state index in [0.717, 1.165) is 25.7 Å². The minimum absolute atomic E-state index is 0.364. The van der Waals surface area contributed by atoms with E-state index in [9.17, 15) is 9.59 Å². The Morgan fingerprint density at radius 1 is 1.14 bits per heavy atom. The lowest BCUT2D eigenvalue weighted by Gasteiger charge is -2.21. The van der Waals surface area contributed by atoms with Gasteiger partial charge in [0.25, 0.3) is 0 Å². The van der Waals surface area contributed by atoms with Gasteiger partial charge in [-0.25, -0.2) is 14.8 Å². The molecule has 0 saturated heterocycles. The Morgan fingerprint density at radius 2 is 1.86 bits per heavy atom. The van der Waals surface area contributed by atoms with Gasteiger partial charge in [0.1, 0.15) is 16.2 Å². The molecule has 3 aromatic rings. The van der Waals surface area contributed by atoms with Crippen molar-refractivity contribution in [3.05, 3.63) is 42.7 Å². The van der Waals surface area contributed by atoms with Crippen LogP contribution in [-0.4, -0.2) is 32.7 Å². The second-order valence-electron chi connectivity index (χ2n) is 7.33. The van der Waals surface area contributed by atoms with Crippen LogP contribution in [-0.2, 0) is 4.79 Å². The van der Waals surface area contributed by atoms with Gasteiger partial charge in [0.2, 0.25) is 5.91 Å². The Labute approximate surface area is 172 Å². The molecule has 2 aromatic heterocycles. The summed E-state index contributed by atoms with van der Waals surface area (Å²) in [5, 5.41) is 6.25. The summed E-state index contributed by atoms with van der Waals surface area (Å²) in [6, 6.07) is 11.6. The first-order valence-electron chi connectivity index (χ1n) is 8.82. The lowest BCUT2D eigenvalue weighted by Crippen LogP contribution is -2.49. The van der Waals surface area contributed by atoms with Crippen LogP contribution in [0.4, 0.5) is 4.79 Å². The van der Waals surface area contributed by atoms with Crippen LogP contribution < -0.4 is 10.6 Å². The lowest BCUT2D eigenvalue weighted by molar-refractivity contribution is -0.119. The summed E-state index contributed by atoms with van der Waals surface area (Å²) in [4.78, 5) is 35.0. The molecule has 0 aliphatic rings. The Morgan fingerprint density at radius 3 is 2.54 bits per heavy atom. The molecule has 3 rings (SSSR count). The van der Waals surface area contributed by atoms with Gasteiger partial charge in [-0.3, -0.25) is 10.1 Å². The van der Waals surface area contributed by atoms with Gasteiger partial charge in [-0.15, -0.1) is 11.3 Å². The average molecular weight is 415 g/mol. The molecule has 3 amide bonds. The number of nitrogens with one attached hydrogen (secondary N) is 2. The molecule has 1 aromatic carbocycles. The summed E-state index contributed by atoms with van der Waals surface area (Å²) in [6.07, 6.45) is 1.51. The first-order valence-corrected chi connectivity index (χ1v) is 10.5. The van der Waals surface area contributed by atoms with Gasteiger partial charge in [0, 0.05) is 15.8 Å². The number of carbonyl (C=O) groups is 2. The van der Waals surface area contributed by atoms with Crippen LogP contribution >= 0.6 is 23.1 Å². The van der Waals surface area contributed by atoms with Gasteiger partial charge in [-0.1, -0.05) is 42.1 Å². The molecule has 2 N–H and O–H groups in total. The van der Waals surface area contributed by atoms with Crippen LogP contribution in [0, 0.1) is 0 Å². The highest BCUT2D eigenvalue weighted by atomic mass is 32.2. The highest BCUT2D eigenvalue weighted by Crippen LogP contribution is 2.37. The monoisotopic (exact) mass is 414 g/mol. The molecule has 8 heteroatoms. The van der Waals surface area contributed by atoms with Crippen LogP contribution in [0.3, 0.4) is 0 Å². The zero-order chi connectivity index (χ0) is 20.3. The van der Waals surface area contributed by atoms with Crippen molar-refractivity contribution in [2.24, 2.45) is 0 Å². The number of rotatable bonds is 4. The number of fused-ring (bicyclic) bond motifs is 1. The SMILES string of the molecule is C[C@@H](Sc1ncnc2sc(-c3ccccc3)cc12)C(=O)NC(=O)NC(C)(C)C. The molecule has 2 heterocycles. The van der Waals surface area contributed by atoms with Crippen molar-refractivity contribution >= 4 is 45.3 Å². The zero-order valence-electron chi connectivity index (χ0n) is 16.1. The molecule has 0 fully saturated rings. The van der Waals surface area contributed by atoms with Gasteiger partial charge >= 0.3 is 6.03 Å². The van der Waals surface area contributed by atoms with E-state index in [4.69, 9.17) is 0 Å². The summed E-state index contributed by atoms with van der Waals surface area (Å²) >= 11 is 2.90. The predicted octanol–water partition coefficient (Wildman–Crippen LogP) is 4.46. The molecular weight excluding hydrogens is 392 g/mol. The normalized spacial score (nSPS) is 12.6. The first-order chi connectivity index (χ1) is 13.2. The molecule has 0 bridgehead atoms. The van der Waals surface area contributed by atoms with Crippen LogP contribution in [0.2, 0.25) is 0 Å². The Hall–Kier alpha value is -2.45. The summed E-state index contributed by atoms with van der Waals surface area (Å²) in [5.74, 6) is -0.364. The number of hydrogen-bond acceptors (Lipinski definition) is 6.